The highest BCUT2D eigenvalue weighted by Gasteiger charge is 2.14. The van der Waals surface area contributed by atoms with E-state index in [4.69, 9.17) is 0 Å². The number of carbonyl (C=O) groups excluding carboxylic acids is 2. The minimum Gasteiger partial charge on any atom is -0.372 e. The van der Waals surface area contributed by atoms with Gasteiger partial charge in [-0.1, -0.05) is 13.8 Å². The summed E-state index contributed by atoms with van der Waals surface area (Å²) in [5, 5.41) is 5.26. The second-order valence-corrected chi connectivity index (χ2v) is 6.13. The van der Waals surface area contributed by atoms with Crippen molar-refractivity contribution < 1.29 is 9.59 Å². The fourth-order valence-corrected chi connectivity index (χ4v) is 2.47. The van der Waals surface area contributed by atoms with Crippen molar-refractivity contribution in [2.45, 2.75) is 33.1 Å². The molecule has 5 heteroatoms. The number of nitrogens with zero attached hydrogens (tertiary/aromatic N) is 1. The summed E-state index contributed by atoms with van der Waals surface area (Å²) in [6.07, 6.45) is 3.33. The first-order valence-corrected chi connectivity index (χ1v) is 8.00. The van der Waals surface area contributed by atoms with Gasteiger partial charge in [-0.25, -0.2) is 0 Å². The van der Waals surface area contributed by atoms with E-state index in [2.05, 4.69) is 29.4 Å². The molecular weight excluding hydrogens is 278 g/mol. The lowest BCUT2D eigenvalue weighted by Crippen LogP contribution is -2.36. The van der Waals surface area contributed by atoms with E-state index >= 15 is 0 Å². The van der Waals surface area contributed by atoms with E-state index in [1.807, 2.05) is 24.3 Å². The van der Waals surface area contributed by atoms with E-state index < -0.39 is 11.8 Å². The Morgan fingerprint density at radius 3 is 2.32 bits per heavy atom. The first-order valence-electron chi connectivity index (χ1n) is 8.00. The normalized spacial score (nSPS) is 14.2. The van der Waals surface area contributed by atoms with Gasteiger partial charge < -0.3 is 15.5 Å². The number of benzene rings is 1. The monoisotopic (exact) mass is 303 g/mol. The standard InChI is InChI=1S/C17H25N3O2/c1-13(2)9-10-18-16(21)17(22)19-14-5-7-15(8-6-14)20-11-3-4-12-20/h5-8,13H,3-4,9-12H2,1-2H3,(H,18,21)(H,19,22). The Kier molecular flexibility index (Phi) is 5.81. The molecule has 0 aliphatic carbocycles. The molecule has 0 aromatic heterocycles. The summed E-state index contributed by atoms with van der Waals surface area (Å²) in [6, 6.07) is 7.65. The zero-order valence-electron chi connectivity index (χ0n) is 13.4. The highest BCUT2D eigenvalue weighted by molar-refractivity contribution is 6.39. The topological polar surface area (TPSA) is 61.4 Å². The zero-order valence-corrected chi connectivity index (χ0v) is 13.4. The van der Waals surface area contributed by atoms with E-state index in [0.717, 1.165) is 25.2 Å². The Morgan fingerprint density at radius 2 is 1.73 bits per heavy atom. The Bertz CT molecular complexity index is 505. The maximum absolute atomic E-state index is 11.8. The lowest BCUT2D eigenvalue weighted by atomic mass is 10.1. The van der Waals surface area contributed by atoms with Crippen LogP contribution in [0.3, 0.4) is 0 Å². The number of hydrogen-bond donors (Lipinski definition) is 2. The number of amides is 2. The van der Waals surface area contributed by atoms with E-state index in [1.54, 1.807) is 0 Å². The van der Waals surface area contributed by atoms with Crippen molar-refractivity contribution in [3.63, 3.8) is 0 Å². The molecule has 2 N–H and O–H groups in total. The molecule has 1 aliphatic heterocycles. The van der Waals surface area contributed by atoms with E-state index in [1.165, 1.54) is 12.8 Å². The molecule has 1 aromatic carbocycles. The van der Waals surface area contributed by atoms with Crippen LogP contribution in [0.1, 0.15) is 33.1 Å². The quantitative estimate of drug-likeness (QED) is 0.821. The first-order chi connectivity index (χ1) is 10.6. The van der Waals surface area contributed by atoms with Crippen LogP contribution in [0, 0.1) is 5.92 Å². The second kappa shape index (κ2) is 7.82. The maximum Gasteiger partial charge on any atom is 0.313 e. The predicted octanol–water partition coefficient (Wildman–Crippen LogP) is 2.39. The molecule has 1 aromatic rings. The summed E-state index contributed by atoms with van der Waals surface area (Å²) in [4.78, 5) is 25.8. The number of rotatable bonds is 5. The van der Waals surface area contributed by atoms with Crippen molar-refractivity contribution in [2.75, 3.05) is 29.9 Å². The van der Waals surface area contributed by atoms with Gasteiger partial charge in [0.2, 0.25) is 0 Å². The zero-order chi connectivity index (χ0) is 15.9. The van der Waals surface area contributed by atoms with Crippen LogP contribution in [-0.4, -0.2) is 31.4 Å². The molecule has 2 rings (SSSR count). The van der Waals surface area contributed by atoms with E-state index in [0.29, 0.717) is 18.2 Å². The van der Waals surface area contributed by atoms with Crippen LogP contribution in [0.25, 0.3) is 0 Å². The van der Waals surface area contributed by atoms with E-state index in [9.17, 15) is 9.59 Å². The lowest BCUT2D eigenvalue weighted by Gasteiger charge is -2.17. The maximum atomic E-state index is 11.8. The molecular formula is C17H25N3O2. The molecule has 5 nitrogen and oxygen atoms in total. The molecule has 2 amide bonds. The largest absolute Gasteiger partial charge is 0.372 e. The van der Waals surface area contributed by atoms with Crippen molar-refractivity contribution in [1.29, 1.82) is 0 Å². The van der Waals surface area contributed by atoms with Gasteiger partial charge in [0.15, 0.2) is 0 Å². The average Bonchev–Trinajstić information content (AvgIpc) is 3.01. The number of hydrogen-bond acceptors (Lipinski definition) is 3. The average molecular weight is 303 g/mol. The lowest BCUT2D eigenvalue weighted by molar-refractivity contribution is -0.136. The summed E-state index contributed by atoms with van der Waals surface area (Å²) in [7, 11) is 0. The fraction of sp³-hybridized carbons (Fsp3) is 0.529. The minimum absolute atomic E-state index is 0.501. The summed E-state index contributed by atoms with van der Waals surface area (Å²) in [5.74, 6) is -0.691. The van der Waals surface area contributed by atoms with Crippen LogP contribution in [-0.2, 0) is 9.59 Å². The molecule has 22 heavy (non-hydrogen) atoms. The summed E-state index contributed by atoms with van der Waals surface area (Å²) < 4.78 is 0. The van der Waals surface area contributed by atoms with Crippen molar-refractivity contribution in [1.82, 2.24) is 5.32 Å². The number of nitrogens with one attached hydrogen (secondary N) is 2. The van der Waals surface area contributed by atoms with Crippen molar-refractivity contribution in [3.05, 3.63) is 24.3 Å². The predicted molar refractivity (Wildman–Crippen MR) is 89.0 cm³/mol. The molecule has 120 valence electrons. The van der Waals surface area contributed by atoms with Gasteiger partial charge >= 0.3 is 11.8 Å². The molecule has 0 saturated carbocycles. The van der Waals surface area contributed by atoms with Gasteiger partial charge in [-0.3, -0.25) is 9.59 Å². The minimum atomic E-state index is -0.613. The molecule has 1 fully saturated rings. The molecule has 0 atom stereocenters. The molecule has 0 unspecified atom stereocenters. The first kappa shape index (κ1) is 16.3. The Morgan fingerprint density at radius 1 is 1.09 bits per heavy atom. The second-order valence-electron chi connectivity index (χ2n) is 6.13. The smallest absolute Gasteiger partial charge is 0.313 e. The van der Waals surface area contributed by atoms with Crippen LogP contribution in [0.15, 0.2) is 24.3 Å². The van der Waals surface area contributed by atoms with Crippen LogP contribution >= 0.6 is 0 Å². The molecule has 1 aliphatic rings. The molecule has 1 saturated heterocycles. The summed E-state index contributed by atoms with van der Waals surface area (Å²) in [5.41, 5.74) is 1.81. The van der Waals surface area contributed by atoms with Gasteiger partial charge in [-0.05, 0) is 49.4 Å². The highest BCUT2D eigenvalue weighted by atomic mass is 16.2. The number of carbonyl (C=O) groups is 2. The highest BCUT2D eigenvalue weighted by Crippen LogP contribution is 2.21. The molecule has 0 radical (unpaired) electrons. The van der Waals surface area contributed by atoms with Crippen molar-refractivity contribution >= 4 is 23.2 Å². The third kappa shape index (κ3) is 4.76. The Hall–Kier alpha value is -2.04. The third-order valence-electron chi connectivity index (χ3n) is 3.81. The van der Waals surface area contributed by atoms with Gasteiger partial charge in [-0.2, -0.15) is 0 Å². The van der Waals surface area contributed by atoms with Crippen LogP contribution in [0.5, 0.6) is 0 Å². The Balaban J connectivity index is 1.82. The van der Waals surface area contributed by atoms with Crippen molar-refractivity contribution in [2.24, 2.45) is 5.92 Å². The van der Waals surface area contributed by atoms with Crippen LogP contribution in [0.2, 0.25) is 0 Å². The van der Waals surface area contributed by atoms with Gasteiger partial charge in [0.25, 0.3) is 0 Å². The summed E-state index contributed by atoms with van der Waals surface area (Å²) in [6.45, 7) is 6.86. The molecule has 0 bridgehead atoms. The van der Waals surface area contributed by atoms with Gasteiger partial charge in [0, 0.05) is 31.0 Å². The van der Waals surface area contributed by atoms with Crippen molar-refractivity contribution in [3.8, 4) is 0 Å². The SMILES string of the molecule is CC(C)CCNC(=O)C(=O)Nc1ccc(N2CCCC2)cc1. The Labute approximate surface area is 132 Å². The molecule has 0 spiro atoms. The third-order valence-corrected chi connectivity index (χ3v) is 3.81. The van der Waals surface area contributed by atoms with Crippen LogP contribution in [0.4, 0.5) is 11.4 Å². The van der Waals surface area contributed by atoms with Gasteiger partial charge in [-0.15, -0.1) is 0 Å². The fourth-order valence-electron chi connectivity index (χ4n) is 2.47. The number of anilines is 2. The summed E-state index contributed by atoms with van der Waals surface area (Å²) >= 11 is 0. The molecule has 1 heterocycles. The van der Waals surface area contributed by atoms with Gasteiger partial charge in [0.05, 0.1) is 0 Å². The van der Waals surface area contributed by atoms with E-state index in [-0.39, 0.29) is 0 Å². The van der Waals surface area contributed by atoms with Crippen LogP contribution < -0.4 is 15.5 Å². The van der Waals surface area contributed by atoms with Gasteiger partial charge in [0.1, 0.15) is 0 Å².